The molecule has 0 aromatic heterocycles. The lowest BCUT2D eigenvalue weighted by molar-refractivity contribution is -0.133. The Morgan fingerprint density at radius 3 is 2.44 bits per heavy atom. The molecule has 0 aliphatic carbocycles. The van der Waals surface area contributed by atoms with Crippen molar-refractivity contribution in [3.8, 4) is 0 Å². The summed E-state index contributed by atoms with van der Waals surface area (Å²) < 4.78 is 24.6. The normalized spacial score (nSPS) is 19.7. The number of amides is 4. The SMILES string of the molecule is CC(C)CC[C@@]1(C)NC(=O)N(CC(=O)Nc2ccc(SC(F)F)cc2)C1=O. The van der Waals surface area contributed by atoms with E-state index in [9.17, 15) is 23.2 Å². The number of benzene rings is 1. The highest BCUT2D eigenvalue weighted by molar-refractivity contribution is 7.99. The molecule has 6 nitrogen and oxygen atoms in total. The van der Waals surface area contributed by atoms with E-state index < -0.39 is 35.7 Å². The molecule has 1 aromatic rings. The Hall–Kier alpha value is -2.16. The zero-order chi connectivity index (χ0) is 20.2. The maximum absolute atomic E-state index is 12.6. The van der Waals surface area contributed by atoms with E-state index in [1.807, 2.05) is 13.8 Å². The van der Waals surface area contributed by atoms with Crippen LogP contribution in [0.15, 0.2) is 29.2 Å². The minimum Gasteiger partial charge on any atom is -0.325 e. The lowest BCUT2D eigenvalue weighted by Crippen LogP contribution is -2.44. The highest BCUT2D eigenvalue weighted by atomic mass is 32.2. The van der Waals surface area contributed by atoms with Crippen molar-refractivity contribution < 1.29 is 23.2 Å². The second-order valence-electron chi connectivity index (χ2n) is 7.04. The van der Waals surface area contributed by atoms with Crippen LogP contribution >= 0.6 is 11.8 Å². The Morgan fingerprint density at radius 1 is 1.26 bits per heavy atom. The maximum Gasteiger partial charge on any atom is 0.325 e. The van der Waals surface area contributed by atoms with Crippen molar-refractivity contribution in [1.29, 1.82) is 0 Å². The van der Waals surface area contributed by atoms with Crippen LogP contribution in [0.2, 0.25) is 0 Å². The van der Waals surface area contributed by atoms with Gasteiger partial charge in [0.2, 0.25) is 5.91 Å². The van der Waals surface area contributed by atoms with E-state index in [4.69, 9.17) is 0 Å². The predicted octanol–water partition coefficient (Wildman–Crippen LogP) is 3.69. The van der Waals surface area contributed by atoms with E-state index >= 15 is 0 Å². The molecule has 1 atom stereocenters. The molecule has 0 radical (unpaired) electrons. The smallest absolute Gasteiger partial charge is 0.325 e. The highest BCUT2D eigenvalue weighted by Gasteiger charge is 2.47. The molecular formula is C18H23F2N3O3S. The lowest BCUT2D eigenvalue weighted by Gasteiger charge is -2.22. The quantitative estimate of drug-likeness (QED) is 0.516. The number of carbonyl (C=O) groups is 3. The molecule has 2 N–H and O–H groups in total. The number of anilines is 1. The minimum atomic E-state index is -2.52. The number of nitrogens with zero attached hydrogens (tertiary/aromatic N) is 1. The number of nitrogens with one attached hydrogen (secondary N) is 2. The summed E-state index contributed by atoms with van der Waals surface area (Å²) in [6.07, 6.45) is 1.27. The summed E-state index contributed by atoms with van der Waals surface area (Å²) in [4.78, 5) is 38.2. The van der Waals surface area contributed by atoms with Gasteiger partial charge in [-0.3, -0.25) is 14.5 Å². The van der Waals surface area contributed by atoms with E-state index in [-0.39, 0.29) is 0 Å². The highest BCUT2D eigenvalue weighted by Crippen LogP contribution is 2.27. The molecule has 0 spiro atoms. The predicted molar refractivity (Wildman–Crippen MR) is 99.7 cm³/mol. The van der Waals surface area contributed by atoms with Crippen LogP contribution in [0.5, 0.6) is 0 Å². The van der Waals surface area contributed by atoms with Gasteiger partial charge in [-0.1, -0.05) is 25.6 Å². The molecule has 148 valence electrons. The summed E-state index contributed by atoms with van der Waals surface area (Å²) >= 11 is 0.407. The fourth-order valence-electron chi connectivity index (χ4n) is 2.70. The van der Waals surface area contributed by atoms with E-state index in [0.29, 0.717) is 34.7 Å². The number of urea groups is 1. The summed E-state index contributed by atoms with van der Waals surface area (Å²) in [5.74, 6) is -3.10. The third-order valence-electron chi connectivity index (χ3n) is 4.23. The number of halogens is 2. The van der Waals surface area contributed by atoms with Gasteiger partial charge in [0.1, 0.15) is 12.1 Å². The van der Waals surface area contributed by atoms with Crippen LogP contribution in [0.3, 0.4) is 0 Å². The second-order valence-corrected chi connectivity index (χ2v) is 8.10. The van der Waals surface area contributed by atoms with Gasteiger partial charge in [0, 0.05) is 10.6 Å². The monoisotopic (exact) mass is 399 g/mol. The summed E-state index contributed by atoms with van der Waals surface area (Å²) in [5.41, 5.74) is -0.608. The zero-order valence-electron chi connectivity index (χ0n) is 15.4. The van der Waals surface area contributed by atoms with Crippen LogP contribution in [0.1, 0.15) is 33.6 Å². The van der Waals surface area contributed by atoms with E-state index in [0.717, 1.165) is 11.3 Å². The first-order valence-electron chi connectivity index (χ1n) is 8.59. The summed E-state index contributed by atoms with van der Waals surface area (Å²) in [6.45, 7) is 5.31. The standard InChI is InChI=1S/C18H23F2N3O3S/c1-11(2)8-9-18(3)15(25)23(17(26)22-18)10-14(24)21-12-4-6-13(7-5-12)27-16(19)20/h4-7,11,16H,8-10H2,1-3H3,(H,21,24)(H,22,26)/t18-/m1/s1. The molecule has 1 aliphatic heterocycles. The van der Waals surface area contributed by atoms with Crippen molar-refractivity contribution in [3.05, 3.63) is 24.3 Å². The topological polar surface area (TPSA) is 78.5 Å². The number of hydrogen-bond donors (Lipinski definition) is 2. The Morgan fingerprint density at radius 2 is 1.89 bits per heavy atom. The number of imide groups is 1. The van der Waals surface area contributed by atoms with Gasteiger partial charge in [-0.25, -0.2) is 4.79 Å². The zero-order valence-corrected chi connectivity index (χ0v) is 16.2. The van der Waals surface area contributed by atoms with Gasteiger partial charge >= 0.3 is 6.03 Å². The second kappa shape index (κ2) is 8.69. The lowest BCUT2D eigenvalue weighted by atomic mass is 9.92. The molecule has 2 rings (SSSR count). The van der Waals surface area contributed by atoms with Crippen LogP contribution < -0.4 is 10.6 Å². The van der Waals surface area contributed by atoms with Crippen LogP contribution in [-0.4, -0.2) is 40.6 Å². The summed E-state index contributed by atoms with van der Waals surface area (Å²) in [5, 5.41) is 5.22. The fraction of sp³-hybridized carbons (Fsp3) is 0.500. The van der Waals surface area contributed by atoms with E-state index in [2.05, 4.69) is 10.6 Å². The molecule has 1 aliphatic rings. The van der Waals surface area contributed by atoms with Crippen LogP contribution in [0.4, 0.5) is 19.3 Å². The Bertz CT molecular complexity index is 712. The average Bonchev–Trinajstić information content (AvgIpc) is 2.78. The van der Waals surface area contributed by atoms with Crippen molar-refractivity contribution in [3.63, 3.8) is 0 Å². The fourth-order valence-corrected chi connectivity index (χ4v) is 3.20. The molecule has 0 unspecified atom stereocenters. The number of alkyl halides is 2. The summed E-state index contributed by atoms with van der Waals surface area (Å²) in [6, 6.07) is 5.31. The molecular weight excluding hydrogens is 376 g/mol. The maximum atomic E-state index is 12.6. The molecule has 27 heavy (non-hydrogen) atoms. The number of hydrogen-bond acceptors (Lipinski definition) is 4. The van der Waals surface area contributed by atoms with Gasteiger partial charge in [-0.05, 0) is 49.9 Å². The number of thioether (sulfide) groups is 1. The van der Waals surface area contributed by atoms with Crippen LogP contribution in [0.25, 0.3) is 0 Å². The van der Waals surface area contributed by atoms with Crippen LogP contribution in [0, 0.1) is 5.92 Å². The third-order valence-corrected chi connectivity index (χ3v) is 4.95. The molecule has 0 bridgehead atoms. The van der Waals surface area contributed by atoms with Crippen molar-refractivity contribution in [2.75, 3.05) is 11.9 Å². The van der Waals surface area contributed by atoms with E-state index in [1.165, 1.54) is 24.3 Å². The third kappa shape index (κ3) is 5.66. The molecule has 1 aromatic carbocycles. The first-order valence-corrected chi connectivity index (χ1v) is 9.47. The first-order chi connectivity index (χ1) is 12.6. The average molecular weight is 399 g/mol. The van der Waals surface area contributed by atoms with Crippen molar-refractivity contribution in [2.45, 2.75) is 49.8 Å². The molecule has 1 heterocycles. The Labute approximate surface area is 161 Å². The molecule has 1 fully saturated rings. The van der Waals surface area contributed by atoms with Crippen LogP contribution in [-0.2, 0) is 9.59 Å². The molecule has 1 saturated heterocycles. The molecule has 9 heteroatoms. The van der Waals surface area contributed by atoms with Crippen molar-refractivity contribution in [1.82, 2.24) is 10.2 Å². The van der Waals surface area contributed by atoms with Gasteiger partial charge in [0.05, 0.1) is 0 Å². The van der Waals surface area contributed by atoms with Gasteiger partial charge < -0.3 is 10.6 Å². The number of rotatable bonds is 8. The molecule has 4 amide bonds. The minimum absolute atomic E-state index is 0.373. The largest absolute Gasteiger partial charge is 0.325 e. The molecule has 0 saturated carbocycles. The van der Waals surface area contributed by atoms with Crippen molar-refractivity contribution >= 4 is 35.3 Å². The first kappa shape index (κ1) is 21.1. The van der Waals surface area contributed by atoms with E-state index in [1.54, 1.807) is 6.92 Å². The Balaban J connectivity index is 1.95. The summed E-state index contributed by atoms with van der Waals surface area (Å²) in [7, 11) is 0. The van der Waals surface area contributed by atoms with Gasteiger partial charge in [-0.15, -0.1) is 0 Å². The van der Waals surface area contributed by atoms with Crippen molar-refractivity contribution in [2.24, 2.45) is 5.92 Å². The van der Waals surface area contributed by atoms with Gasteiger partial charge in [-0.2, -0.15) is 8.78 Å². The van der Waals surface area contributed by atoms with Gasteiger partial charge in [0.25, 0.3) is 11.7 Å². The van der Waals surface area contributed by atoms with Gasteiger partial charge in [0.15, 0.2) is 0 Å². The number of carbonyl (C=O) groups excluding carboxylic acids is 3. The Kier molecular flexibility index (Phi) is 6.80.